The molecule has 0 spiro atoms. The molecule has 1 heteroatoms. The van der Waals surface area contributed by atoms with Crippen LogP contribution in [0.4, 0.5) is 0 Å². The van der Waals surface area contributed by atoms with Crippen LogP contribution in [0.25, 0.3) is 0 Å². The summed E-state index contributed by atoms with van der Waals surface area (Å²) in [6.07, 6.45) is 4.84. The monoisotopic (exact) mass is 155 g/mol. The van der Waals surface area contributed by atoms with E-state index < -0.39 is 0 Å². The Hall–Kier alpha value is -0.460. The zero-order chi connectivity index (χ0) is 8.69. The van der Waals surface area contributed by atoms with Gasteiger partial charge in [-0.05, 0) is 19.3 Å². The van der Waals surface area contributed by atoms with Crippen molar-refractivity contribution in [2.45, 2.75) is 46.5 Å². The van der Waals surface area contributed by atoms with Crippen LogP contribution in [0.3, 0.4) is 0 Å². The predicted molar refractivity (Wildman–Crippen MR) is 51.6 cm³/mol. The molecule has 0 unspecified atom stereocenters. The highest BCUT2D eigenvalue weighted by Crippen LogP contribution is 2.14. The van der Waals surface area contributed by atoms with Gasteiger partial charge in [0.25, 0.3) is 0 Å². The minimum atomic E-state index is 1.14. The molecule has 0 rings (SSSR count). The second-order valence-electron chi connectivity index (χ2n) is 2.79. The van der Waals surface area contributed by atoms with Crippen LogP contribution in [0.15, 0.2) is 11.3 Å². The standard InChI is InChI=1S/C10H21N/c1-5-8-9(6-2)10(7-3)11-4/h11H,5-8H2,1-4H3/b10-9+. The molecular weight excluding hydrogens is 134 g/mol. The molecule has 11 heavy (non-hydrogen) atoms. The average molecular weight is 155 g/mol. The van der Waals surface area contributed by atoms with Crippen LogP contribution in [0.5, 0.6) is 0 Å². The van der Waals surface area contributed by atoms with Gasteiger partial charge in [0.05, 0.1) is 0 Å². The molecule has 0 aliphatic heterocycles. The minimum Gasteiger partial charge on any atom is -0.391 e. The van der Waals surface area contributed by atoms with Crippen LogP contribution < -0.4 is 5.32 Å². The maximum Gasteiger partial charge on any atom is 0.00930 e. The molecule has 0 amide bonds. The molecule has 0 aromatic carbocycles. The third kappa shape index (κ3) is 3.45. The number of rotatable bonds is 5. The van der Waals surface area contributed by atoms with Crippen LogP contribution >= 0.6 is 0 Å². The fraction of sp³-hybridized carbons (Fsp3) is 0.800. The van der Waals surface area contributed by atoms with Gasteiger partial charge in [0.15, 0.2) is 0 Å². The molecule has 0 aliphatic carbocycles. The lowest BCUT2D eigenvalue weighted by atomic mass is 10.0. The number of hydrogen-bond donors (Lipinski definition) is 1. The molecular formula is C10H21N. The van der Waals surface area contributed by atoms with Gasteiger partial charge in [-0.1, -0.05) is 32.8 Å². The summed E-state index contributed by atoms with van der Waals surface area (Å²) in [6, 6.07) is 0. The van der Waals surface area contributed by atoms with Crippen molar-refractivity contribution in [3.8, 4) is 0 Å². The Morgan fingerprint density at radius 3 is 2.00 bits per heavy atom. The van der Waals surface area contributed by atoms with E-state index in [0.29, 0.717) is 0 Å². The normalized spacial score (nSPS) is 12.7. The van der Waals surface area contributed by atoms with Gasteiger partial charge in [0, 0.05) is 12.7 Å². The zero-order valence-electron chi connectivity index (χ0n) is 8.33. The fourth-order valence-electron chi connectivity index (χ4n) is 1.45. The Bertz CT molecular complexity index is 119. The van der Waals surface area contributed by atoms with Gasteiger partial charge < -0.3 is 5.32 Å². The molecule has 0 aromatic rings. The highest BCUT2D eigenvalue weighted by Gasteiger charge is 1.99. The molecule has 0 atom stereocenters. The third-order valence-electron chi connectivity index (χ3n) is 2.06. The van der Waals surface area contributed by atoms with Crippen molar-refractivity contribution in [2.24, 2.45) is 0 Å². The molecule has 1 nitrogen and oxygen atoms in total. The van der Waals surface area contributed by atoms with E-state index in [9.17, 15) is 0 Å². The molecule has 0 aliphatic rings. The van der Waals surface area contributed by atoms with Crippen molar-refractivity contribution in [2.75, 3.05) is 7.05 Å². The molecule has 66 valence electrons. The van der Waals surface area contributed by atoms with Crippen LogP contribution in [0.2, 0.25) is 0 Å². The Morgan fingerprint density at radius 2 is 1.73 bits per heavy atom. The molecule has 0 saturated heterocycles. The summed E-state index contributed by atoms with van der Waals surface area (Å²) in [5, 5.41) is 3.27. The van der Waals surface area contributed by atoms with Gasteiger partial charge in [-0.3, -0.25) is 0 Å². The first kappa shape index (κ1) is 10.5. The van der Waals surface area contributed by atoms with E-state index in [2.05, 4.69) is 26.1 Å². The van der Waals surface area contributed by atoms with Crippen molar-refractivity contribution in [1.82, 2.24) is 5.32 Å². The first-order valence-electron chi connectivity index (χ1n) is 4.68. The van der Waals surface area contributed by atoms with E-state index in [-0.39, 0.29) is 0 Å². The summed E-state index contributed by atoms with van der Waals surface area (Å²) in [7, 11) is 2.02. The molecule has 0 fully saturated rings. The van der Waals surface area contributed by atoms with Gasteiger partial charge in [0.1, 0.15) is 0 Å². The summed E-state index contributed by atoms with van der Waals surface area (Å²) >= 11 is 0. The van der Waals surface area contributed by atoms with Gasteiger partial charge in [-0.25, -0.2) is 0 Å². The third-order valence-corrected chi connectivity index (χ3v) is 2.06. The van der Waals surface area contributed by atoms with E-state index in [0.717, 1.165) is 6.42 Å². The summed E-state index contributed by atoms with van der Waals surface area (Å²) in [5.41, 5.74) is 3.03. The first-order valence-corrected chi connectivity index (χ1v) is 4.68. The second-order valence-corrected chi connectivity index (χ2v) is 2.79. The van der Waals surface area contributed by atoms with Crippen molar-refractivity contribution in [3.63, 3.8) is 0 Å². The van der Waals surface area contributed by atoms with Crippen LogP contribution in [0.1, 0.15) is 46.5 Å². The Labute approximate surface area is 70.9 Å². The molecule has 0 radical (unpaired) electrons. The van der Waals surface area contributed by atoms with E-state index in [1.165, 1.54) is 25.0 Å². The average Bonchev–Trinajstić information content (AvgIpc) is 2.05. The molecule has 1 N–H and O–H groups in total. The summed E-state index contributed by atoms with van der Waals surface area (Å²) in [4.78, 5) is 0. The lowest BCUT2D eigenvalue weighted by Gasteiger charge is -2.11. The highest BCUT2D eigenvalue weighted by atomic mass is 14.8. The Balaban J connectivity index is 4.21. The van der Waals surface area contributed by atoms with Crippen LogP contribution in [-0.2, 0) is 0 Å². The van der Waals surface area contributed by atoms with Crippen LogP contribution in [-0.4, -0.2) is 7.05 Å². The minimum absolute atomic E-state index is 1.14. The van der Waals surface area contributed by atoms with Crippen molar-refractivity contribution in [1.29, 1.82) is 0 Å². The SMILES string of the molecule is CCC/C(CC)=C(\CC)NC. The number of nitrogens with one attached hydrogen (secondary N) is 1. The Morgan fingerprint density at radius 1 is 1.09 bits per heavy atom. The van der Waals surface area contributed by atoms with Gasteiger partial charge >= 0.3 is 0 Å². The number of hydrogen-bond acceptors (Lipinski definition) is 1. The van der Waals surface area contributed by atoms with Gasteiger partial charge in [-0.15, -0.1) is 0 Å². The lowest BCUT2D eigenvalue weighted by molar-refractivity contribution is 0.780. The first-order chi connectivity index (χ1) is 5.29. The van der Waals surface area contributed by atoms with E-state index >= 15 is 0 Å². The second kappa shape index (κ2) is 6.26. The zero-order valence-corrected chi connectivity index (χ0v) is 8.33. The molecule has 0 aromatic heterocycles. The van der Waals surface area contributed by atoms with E-state index in [4.69, 9.17) is 0 Å². The number of allylic oxidation sites excluding steroid dienone is 2. The predicted octanol–water partition coefficient (Wildman–Crippen LogP) is 3.08. The van der Waals surface area contributed by atoms with E-state index in [1.54, 1.807) is 5.57 Å². The fourth-order valence-corrected chi connectivity index (χ4v) is 1.45. The van der Waals surface area contributed by atoms with Crippen molar-refractivity contribution >= 4 is 0 Å². The molecule has 0 bridgehead atoms. The van der Waals surface area contributed by atoms with Gasteiger partial charge in [0.2, 0.25) is 0 Å². The van der Waals surface area contributed by atoms with Crippen molar-refractivity contribution < 1.29 is 0 Å². The maximum absolute atomic E-state index is 3.27. The summed E-state index contributed by atoms with van der Waals surface area (Å²) < 4.78 is 0. The smallest absolute Gasteiger partial charge is 0.00930 e. The lowest BCUT2D eigenvalue weighted by Crippen LogP contribution is -2.08. The van der Waals surface area contributed by atoms with E-state index in [1.807, 2.05) is 7.05 Å². The topological polar surface area (TPSA) is 12.0 Å². The molecule has 0 heterocycles. The quantitative estimate of drug-likeness (QED) is 0.643. The largest absolute Gasteiger partial charge is 0.391 e. The molecule has 0 saturated carbocycles. The van der Waals surface area contributed by atoms with Crippen LogP contribution in [0, 0.1) is 0 Å². The van der Waals surface area contributed by atoms with Gasteiger partial charge in [-0.2, -0.15) is 0 Å². The maximum atomic E-state index is 3.27. The summed E-state index contributed by atoms with van der Waals surface area (Å²) in [6.45, 7) is 6.67. The Kier molecular flexibility index (Phi) is 6.00. The summed E-state index contributed by atoms with van der Waals surface area (Å²) in [5.74, 6) is 0. The van der Waals surface area contributed by atoms with Crippen molar-refractivity contribution in [3.05, 3.63) is 11.3 Å². The highest BCUT2D eigenvalue weighted by molar-refractivity contribution is 5.11.